The molecular weight excluding hydrogens is 254 g/mol. The van der Waals surface area contributed by atoms with Gasteiger partial charge in [0.15, 0.2) is 0 Å². The van der Waals surface area contributed by atoms with E-state index in [-0.39, 0.29) is 0 Å². The Morgan fingerprint density at radius 1 is 1.50 bits per heavy atom. The summed E-state index contributed by atoms with van der Waals surface area (Å²) in [5.74, 6) is 0.210. The maximum atomic E-state index is 11.7. The van der Waals surface area contributed by atoms with Gasteiger partial charge in [-0.25, -0.2) is 4.79 Å². The Morgan fingerprint density at radius 3 is 2.95 bits per heavy atom. The number of ether oxygens (including phenoxy) is 1. The second-order valence-electron chi connectivity index (χ2n) is 5.18. The summed E-state index contributed by atoms with van der Waals surface area (Å²) in [6.45, 7) is 2.12. The first-order valence-corrected chi connectivity index (χ1v) is 6.89. The Balaban J connectivity index is 2.34. The number of hydrogen-bond acceptors (Lipinski definition) is 3. The molecule has 4 heteroatoms. The van der Waals surface area contributed by atoms with Crippen LogP contribution in [0.15, 0.2) is 18.2 Å². The van der Waals surface area contributed by atoms with Crippen LogP contribution in [0.1, 0.15) is 47.3 Å². The van der Waals surface area contributed by atoms with Gasteiger partial charge in [-0.2, -0.15) is 0 Å². The zero-order valence-corrected chi connectivity index (χ0v) is 11.6. The molecule has 1 aromatic carbocycles. The highest BCUT2D eigenvalue weighted by atomic mass is 16.5. The fraction of sp³-hybridized carbons (Fsp3) is 0.375. The molecule has 104 valence electrons. The van der Waals surface area contributed by atoms with Crippen molar-refractivity contribution in [3.63, 3.8) is 0 Å². The van der Waals surface area contributed by atoms with E-state index in [4.69, 9.17) is 9.72 Å². The largest absolute Gasteiger partial charge is 0.497 e. The number of benzene rings is 1. The van der Waals surface area contributed by atoms with E-state index >= 15 is 0 Å². The number of aromatic nitrogens is 1. The SMILES string of the molecule is CCC1CCc2c1nc1cc(OC)ccc1c2C(=O)O. The topological polar surface area (TPSA) is 59.4 Å². The van der Waals surface area contributed by atoms with E-state index in [2.05, 4.69) is 6.92 Å². The minimum atomic E-state index is -0.865. The van der Waals surface area contributed by atoms with Crippen LogP contribution in [0, 0.1) is 0 Å². The van der Waals surface area contributed by atoms with Gasteiger partial charge in [0.25, 0.3) is 0 Å². The molecule has 1 unspecified atom stereocenters. The maximum absolute atomic E-state index is 11.7. The second kappa shape index (κ2) is 4.78. The quantitative estimate of drug-likeness (QED) is 0.929. The third-order valence-electron chi connectivity index (χ3n) is 4.16. The van der Waals surface area contributed by atoms with Crippen molar-refractivity contribution in [2.75, 3.05) is 7.11 Å². The van der Waals surface area contributed by atoms with Gasteiger partial charge in [-0.1, -0.05) is 6.92 Å². The van der Waals surface area contributed by atoms with Crippen molar-refractivity contribution in [1.29, 1.82) is 0 Å². The lowest BCUT2D eigenvalue weighted by atomic mass is 9.99. The number of hydrogen-bond donors (Lipinski definition) is 1. The van der Waals surface area contributed by atoms with E-state index in [1.165, 1.54) is 0 Å². The van der Waals surface area contributed by atoms with Crippen LogP contribution in [0.5, 0.6) is 5.75 Å². The molecule has 1 heterocycles. The molecule has 1 aliphatic rings. The Hall–Kier alpha value is -2.10. The van der Waals surface area contributed by atoms with Gasteiger partial charge in [-0.05, 0) is 37.0 Å². The lowest BCUT2D eigenvalue weighted by molar-refractivity contribution is 0.0698. The number of nitrogens with zero attached hydrogens (tertiary/aromatic N) is 1. The fourth-order valence-electron chi connectivity index (χ4n) is 3.12. The van der Waals surface area contributed by atoms with Gasteiger partial charge in [0, 0.05) is 23.1 Å². The highest BCUT2D eigenvalue weighted by Crippen LogP contribution is 2.39. The molecule has 20 heavy (non-hydrogen) atoms. The number of fused-ring (bicyclic) bond motifs is 2. The maximum Gasteiger partial charge on any atom is 0.336 e. The summed E-state index contributed by atoms with van der Waals surface area (Å²) in [7, 11) is 1.60. The summed E-state index contributed by atoms with van der Waals surface area (Å²) in [5.41, 5.74) is 3.01. The van der Waals surface area contributed by atoms with E-state index in [0.717, 1.165) is 30.5 Å². The van der Waals surface area contributed by atoms with E-state index in [1.54, 1.807) is 19.2 Å². The first kappa shape index (κ1) is 12.9. The number of pyridine rings is 1. The summed E-state index contributed by atoms with van der Waals surface area (Å²) in [4.78, 5) is 16.4. The number of carboxylic acids is 1. The lowest BCUT2D eigenvalue weighted by Crippen LogP contribution is -2.06. The summed E-state index contributed by atoms with van der Waals surface area (Å²) < 4.78 is 5.21. The van der Waals surface area contributed by atoms with Crippen molar-refractivity contribution in [3.8, 4) is 5.75 Å². The molecule has 1 aliphatic carbocycles. The molecule has 0 spiro atoms. The first-order valence-electron chi connectivity index (χ1n) is 6.89. The van der Waals surface area contributed by atoms with Crippen molar-refractivity contribution in [2.24, 2.45) is 0 Å². The van der Waals surface area contributed by atoms with Crippen LogP contribution in [0.4, 0.5) is 0 Å². The summed E-state index contributed by atoms with van der Waals surface area (Å²) in [6, 6.07) is 5.40. The molecule has 4 nitrogen and oxygen atoms in total. The van der Waals surface area contributed by atoms with Crippen molar-refractivity contribution in [1.82, 2.24) is 4.98 Å². The number of carboxylic acid groups (broad SMARTS) is 1. The Bertz CT molecular complexity index is 694. The van der Waals surface area contributed by atoms with Crippen molar-refractivity contribution < 1.29 is 14.6 Å². The Morgan fingerprint density at radius 2 is 2.30 bits per heavy atom. The van der Waals surface area contributed by atoms with Gasteiger partial charge < -0.3 is 9.84 Å². The first-order chi connectivity index (χ1) is 9.65. The Kier molecular flexibility index (Phi) is 3.08. The van der Waals surface area contributed by atoms with Gasteiger partial charge in [-0.15, -0.1) is 0 Å². The van der Waals surface area contributed by atoms with E-state index in [1.807, 2.05) is 6.07 Å². The fourth-order valence-corrected chi connectivity index (χ4v) is 3.12. The molecule has 1 N–H and O–H groups in total. The molecule has 0 radical (unpaired) electrons. The predicted molar refractivity (Wildman–Crippen MR) is 76.6 cm³/mol. The van der Waals surface area contributed by atoms with Gasteiger partial charge in [0.05, 0.1) is 18.2 Å². The average molecular weight is 271 g/mol. The number of carbonyl (C=O) groups is 1. The van der Waals surface area contributed by atoms with Gasteiger partial charge >= 0.3 is 5.97 Å². The Labute approximate surface area is 117 Å². The van der Waals surface area contributed by atoms with Crippen LogP contribution < -0.4 is 4.74 Å². The zero-order chi connectivity index (χ0) is 14.3. The van der Waals surface area contributed by atoms with Gasteiger partial charge in [0.2, 0.25) is 0 Å². The molecule has 0 saturated carbocycles. The van der Waals surface area contributed by atoms with Crippen molar-refractivity contribution in [3.05, 3.63) is 35.0 Å². The molecule has 0 saturated heterocycles. The van der Waals surface area contributed by atoms with Crippen molar-refractivity contribution in [2.45, 2.75) is 32.1 Å². The van der Waals surface area contributed by atoms with Crippen LogP contribution in [0.2, 0.25) is 0 Å². The average Bonchev–Trinajstić information content (AvgIpc) is 2.85. The number of rotatable bonds is 3. The third kappa shape index (κ3) is 1.83. The normalized spacial score (nSPS) is 17.2. The molecular formula is C16H17NO3. The lowest BCUT2D eigenvalue weighted by Gasteiger charge is -2.12. The van der Waals surface area contributed by atoms with Crippen LogP contribution >= 0.6 is 0 Å². The minimum absolute atomic E-state index is 0.374. The molecule has 0 aliphatic heterocycles. The molecule has 3 rings (SSSR count). The van der Waals surface area contributed by atoms with Gasteiger partial charge in [-0.3, -0.25) is 4.98 Å². The third-order valence-corrected chi connectivity index (χ3v) is 4.16. The molecule has 0 amide bonds. The van der Waals surface area contributed by atoms with Crippen LogP contribution in [-0.4, -0.2) is 23.2 Å². The smallest absolute Gasteiger partial charge is 0.336 e. The predicted octanol–water partition coefficient (Wildman–Crippen LogP) is 3.38. The molecule has 1 aromatic heterocycles. The van der Waals surface area contributed by atoms with E-state index in [9.17, 15) is 9.90 Å². The van der Waals surface area contributed by atoms with Crippen LogP contribution in [0.3, 0.4) is 0 Å². The summed E-state index contributed by atoms with van der Waals surface area (Å²) >= 11 is 0. The highest BCUT2D eigenvalue weighted by molar-refractivity contribution is 6.04. The van der Waals surface area contributed by atoms with Gasteiger partial charge in [0.1, 0.15) is 5.75 Å². The number of methoxy groups -OCH3 is 1. The van der Waals surface area contributed by atoms with Crippen LogP contribution in [0.25, 0.3) is 10.9 Å². The summed E-state index contributed by atoms with van der Waals surface area (Å²) in [5, 5.41) is 10.3. The standard InChI is InChI=1S/C16H17NO3/c1-3-9-4-6-12-14(16(18)19)11-7-5-10(20-2)8-13(11)17-15(9)12/h5,7-9H,3-4,6H2,1-2H3,(H,18,19). The van der Waals surface area contributed by atoms with E-state index in [0.29, 0.717) is 28.1 Å². The molecule has 0 bridgehead atoms. The molecule has 2 aromatic rings. The van der Waals surface area contributed by atoms with Crippen LogP contribution in [-0.2, 0) is 6.42 Å². The van der Waals surface area contributed by atoms with E-state index < -0.39 is 5.97 Å². The summed E-state index contributed by atoms with van der Waals surface area (Å²) in [6.07, 6.45) is 2.80. The minimum Gasteiger partial charge on any atom is -0.497 e. The monoisotopic (exact) mass is 271 g/mol. The molecule has 0 fully saturated rings. The number of aromatic carboxylic acids is 1. The second-order valence-corrected chi connectivity index (χ2v) is 5.18. The highest BCUT2D eigenvalue weighted by Gasteiger charge is 2.29. The van der Waals surface area contributed by atoms with Crippen molar-refractivity contribution >= 4 is 16.9 Å². The molecule has 1 atom stereocenters. The zero-order valence-electron chi connectivity index (χ0n) is 11.6.